The Labute approximate surface area is 85.5 Å². The minimum absolute atomic E-state index is 0. The van der Waals surface area contributed by atoms with E-state index in [-0.39, 0.29) is 0 Å². The van der Waals surface area contributed by atoms with E-state index < -0.39 is 16.3 Å². The minimum Gasteiger partial charge on any atom is -0.557 e. The van der Waals surface area contributed by atoms with Crippen LogP contribution in [-0.4, -0.2) is 35.6 Å². The topological polar surface area (TPSA) is 113 Å². The molecule has 96 valence electrons. The molecule has 0 aromatic heterocycles. The summed E-state index contributed by atoms with van der Waals surface area (Å²) in [5.74, 6) is 0. The fourth-order valence-corrected chi connectivity index (χ4v) is 0. The average Bonchev–Trinajstić information content (AvgIpc) is 1.85. The van der Waals surface area contributed by atoms with Gasteiger partial charge in [0, 0.05) is 6.66 Å². The average molecular weight is 786 g/mol. The number of ether oxygens (including phenoxy) is 2. The molecule has 7 nitrogen and oxygen atoms in total. The number of hydrogen-bond acceptors (Lipinski definition) is 4. The van der Waals surface area contributed by atoms with Gasteiger partial charge < -0.3 is 24.2 Å². The number of methoxy groups -OCH3 is 2. The molecule has 11 heteroatoms. The van der Waals surface area contributed by atoms with Gasteiger partial charge in [0.25, 0.3) is 0 Å². The second-order valence-corrected chi connectivity index (χ2v) is 2.98. The van der Waals surface area contributed by atoms with E-state index >= 15 is 0 Å². The maximum atomic E-state index is 9.19. The summed E-state index contributed by atoms with van der Waals surface area (Å²) < 4.78 is 25.9. The van der Waals surface area contributed by atoms with E-state index in [9.17, 15) is 4.57 Å². The van der Waals surface area contributed by atoms with Crippen molar-refractivity contribution < 1.29 is 33.3 Å². The van der Waals surface area contributed by atoms with Crippen LogP contribution in [0, 0.1) is 14.2 Å². The van der Waals surface area contributed by atoms with Crippen LogP contribution in [0.5, 0.6) is 0 Å². The van der Waals surface area contributed by atoms with Crippen molar-refractivity contribution in [2.45, 2.75) is 0 Å². The van der Waals surface area contributed by atoms with Gasteiger partial charge in [0.05, 0.1) is 0 Å². The molecule has 0 saturated carbocycles. The molecule has 0 aliphatic rings. The fraction of sp³-hybridized carbons (Fsp3) is 0.600. The minimum atomic E-state index is -3.13. The van der Waals surface area contributed by atoms with E-state index in [0.29, 0.717) is 0 Å². The molecule has 0 radical (unpaired) electrons. The maximum absolute atomic E-state index is 9.19. The molecule has 0 aromatic carbocycles. The molecule has 0 bridgehead atoms. The van der Waals surface area contributed by atoms with E-state index in [1.54, 1.807) is 0 Å². The van der Waals surface area contributed by atoms with E-state index in [0.717, 1.165) is 0 Å². The Hall–Kier alpha value is -1.74. The molecule has 1 unspecified atom stereocenters. The molecular formula is C5H18O7P2Rf2-2. The summed E-state index contributed by atoms with van der Waals surface area (Å²) in [6.07, 6.45) is 0. The molecule has 1 atom stereocenters. The van der Waals surface area contributed by atoms with E-state index in [4.69, 9.17) is 19.2 Å². The smallest absolute Gasteiger partial charge is 0.314 e. The van der Waals surface area contributed by atoms with Crippen molar-refractivity contribution in [1.29, 1.82) is 0 Å². The van der Waals surface area contributed by atoms with Gasteiger partial charge in [-0.05, 0) is 14.2 Å². The summed E-state index contributed by atoms with van der Waals surface area (Å²) >= 11 is 0. The van der Waals surface area contributed by atoms with Crippen molar-refractivity contribution in [2.75, 3.05) is 20.9 Å². The summed E-state index contributed by atoms with van der Waals surface area (Å²) in [7, 11) is 3.74. The van der Waals surface area contributed by atoms with Gasteiger partial charge in [-0.15, -0.1) is 0 Å². The van der Waals surface area contributed by atoms with Gasteiger partial charge >= 0.3 is 8.25 Å². The molecule has 0 amide bonds. The first kappa shape index (κ1) is 36.7. The zero-order valence-corrected chi connectivity index (χ0v) is 24.6. The molecule has 3 N–H and O–H groups in total. The summed E-state index contributed by atoms with van der Waals surface area (Å²) in [6.45, 7) is 1.27. The van der Waals surface area contributed by atoms with Crippen molar-refractivity contribution in [2.24, 2.45) is 0 Å². The van der Waals surface area contributed by atoms with Crippen molar-refractivity contribution in [1.82, 2.24) is 0 Å². The molecule has 0 heterocycles. The zero-order chi connectivity index (χ0) is 12.6. The SMILES string of the molecule is C[PH](=O)O.O=[PH](O)O.[CH2-]OC.[CH2-]OC.[Rf].[Rf]. The summed E-state index contributed by atoms with van der Waals surface area (Å²) in [5.41, 5.74) is 0. The van der Waals surface area contributed by atoms with Gasteiger partial charge in [0.2, 0.25) is 0 Å². The van der Waals surface area contributed by atoms with Crippen LogP contribution >= 0.6 is 16.3 Å². The Kier molecular flexibility index (Phi) is 117. The van der Waals surface area contributed by atoms with E-state index in [2.05, 4.69) is 23.7 Å². The second kappa shape index (κ2) is 50.9. The molecule has 0 aromatic rings. The number of hydrogen-bond donors (Lipinski definition) is 3. The molecule has 0 aliphatic carbocycles. The summed E-state index contributed by atoms with van der Waals surface area (Å²) in [6, 6.07) is 0. The number of rotatable bonds is 0. The Balaban J connectivity index is -0.0000000202. The third-order valence-corrected chi connectivity index (χ3v) is 0. The van der Waals surface area contributed by atoms with Crippen molar-refractivity contribution in [3.8, 4) is 0 Å². The maximum Gasteiger partial charge on any atom is 0.314 e. The van der Waals surface area contributed by atoms with Gasteiger partial charge in [-0.25, -0.2) is 14.2 Å². The molecule has 0 saturated heterocycles. The van der Waals surface area contributed by atoms with Crippen LogP contribution in [0.2, 0.25) is 0 Å². The summed E-state index contributed by atoms with van der Waals surface area (Å²) in [5, 5.41) is 0. The Morgan fingerprint density at radius 3 is 0.938 bits per heavy atom. The molecule has 0 fully saturated rings. The van der Waals surface area contributed by atoms with E-state index in [1.165, 1.54) is 20.9 Å². The third-order valence-electron chi connectivity index (χ3n) is 0. The van der Waals surface area contributed by atoms with Crippen LogP contribution in [0.25, 0.3) is 0 Å². The first-order valence-electron chi connectivity index (χ1n) is 2.97. The summed E-state index contributed by atoms with van der Waals surface area (Å²) in [4.78, 5) is 21.9. The Morgan fingerprint density at radius 2 is 0.938 bits per heavy atom. The molecule has 16 heavy (non-hydrogen) atoms. The largest absolute Gasteiger partial charge is 0.557 e. The van der Waals surface area contributed by atoms with Crippen molar-refractivity contribution in [3.05, 3.63) is 14.2 Å². The van der Waals surface area contributed by atoms with Gasteiger partial charge in [0.1, 0.15) is 0 Å². The quantitative estimate of drug-likeness (QED) is 0.240. The van der Waals surface area contributed by atoms with Crippen LogP contribution < -0.4 is 0 Å². The molecule has 0 aliphatic heterocycles. The molecule has 0 spiro atoms. The zero-order valence-electron chi connectivity index (χ0n) is 9.80. The molecule has 0 rings (SSSR count). The monoisotopic (exact) mass is 786 g/mol. The van der Waals surface area contributed by atoms with Crippen LogP contribution in [-0.2, 0) is 18.6 Å². The molecular weight excluding hydrogens is 768 g/mol. The first-order valence-corrected chi connectivity index (χ1v) is 6.13. The third kappa shape index (κ3) is 513. The normalized spacial score (nSPS) is 8.31. The van der Waals surface area contributed by atoms with Gasteiger partial charge in [-0.2, -0.15) is 0 Å². The van der Waals surface area contributed by atoms with Crippen LogP contribution in [0.1, 0.15) is 0 Å². The predicted octanol–water partition coefficient (Wildman–Crippen LogP) is 0.293. The van der Waals surface area contributed by atoms with Gasteiger partial charge in [-0.1, -0.05) is 0 Å². The standard InChI is InChI=1S/2C2H5O.CH5O2P.H3O3P.2Rf/c2*1-3-2;2*1-4(2)3;;/h2*1H2,2H3;4H,1H3,(H,2,3);4H,(H2,1,2,3);;/q2*-1;;;;. The Morgan fingerprint density at radius 1 is 0.938 bits per heavy atom. The predicted molar refractivity (Wildman–Crippen MR) is 55.3 cm³/mol. The van der Waals surface area contributed by atoms with Crippen molar-refractivity contribution >= 4 is 16.3 Å². The Bertz CT molecular complexity index is 105. The second-order valence-electron chi connectivity index (χ2n) is 1.38. The van der Waals surface area contributed by atoms with Gasteiger partial charge in [-0.3, -0.25) is 9.13 Å². The van der Waals surface area contributed by atoms with Crippen LogP contribution in [0.3, 0.4) is 0 Å². The first-order chi connectivity index (χ1) is 6.29. The van der Waals surface area contributed by atoms with E-state index in [1.807, 2.05) is 0 Å². The van der Waals surface area contributed by atoms with Crippen molar-refractivity contribution in [3.63, 3.8) is 0 Å². The van der Waals surface area contributed by atoms with Crippen LogP contribution in [0.15, 0.2) is 0 Å². The van der Waals surface area contributed by atoms with Crippen LogP contribution in [0.4, 0.5) is 0 Å². The van der Waals surface area contributed by atoms with Gasteiger partial charge in [0.15, 0.2) is 8.03 Å². The fourth-order valence-electron chi connectivity index (χ4n) is 0.